The molecule has 0 spiro atoms. The molecular formula is C12H8N2S4. The fraction of sp³-hybridized carbons (Fsp3) is 0.0833. The van der Waals surface area contributed by atoms with Gasteiger partial charge in [0.2, 0.25) is 0 Å². The number of benzene rings is 1. The predicted molar refractivity (Wildman–Crippen MR) is 86.9 cm³/mol. The largest absolute Gasteiger partial charge is 0.231 e. The second-order valence-corrected chi connectivity index (χ2v) is 10.2. The van der Waals surface area contributed by atoms with Gasteiger partial charge >= 0.3 is 0 Å². The molecule has 3 rings (SSSR count). The molecule has 1 aromatic carbocycles. The van der Waals surface area contributed by atoms with Crippen molar-refractivity contribution < 1.29 is 0 Å². The maximum absolute atomic E-state index is 9.24. The van der Waals surface area contributed by atoms with Crippen LogP contribution in [0, 0.1) is 11.3 Å². The Labute approximate surface area is 120 Å². The highest BCUT2D eigenvalue weighted by Crippen LogP contribution is 2.61. The van der Waals surface area contributed by atoms with Crippen LogP contribution in [-0.4, -0.2) is 16.3 Å². The third-order valence-electron chi connectivity index (χ3n) is 2.40. The van der Waals surface area contributed by atoms with Crippen LogP contribution in [0.15, 0.2) is 45.1 Å². The summed E-state index contributed by atoms with van der Waals surface area (Å²) >= 11 is 1.64. The van der Waals surface area contributed by atoms with Crippen molar-refractivity contribution in [2.45, 2.75) is 0 Å². The van der Waals surface area contributed by atoms with E-state index in [1.54, 1.807) is 33.3 Å². The molecule has 0 aromatic heterocycles. The Balaban J connectivity index is 1.96. The number of nitriles is 1. The van der Waals surface area contributed by atoms with E-state index in [-0.39, 0.29) is 8.55 Å². The zero-order valence-electron chi connectivity index (χ0n) is 9.41. The van der Waals surface area contributed by atoms with E-state index < -0.39 is 0 Å². The van der Waals surface area contributed by atoms with E-state index in [1.807, 2.05) is 24.5 Å². The highest BCUT2D eigenvalue weighted by Gasteiger charge is 2.31. The van der Waals surface area contributed by atoms with Crippen molar-refractivity contribution >= 4 is 51.9 Å². The number of thioether (sulfide) groups is 1. The first-order valence-corrected chi connectivity index (χ1v) is 10.3. The summed E-state index contributed by atoms with van der Waals surface area (Å²) in [5, 5.41) is 10.3. The van der Waals surface area contributed by atoms with Gasteiger partial charge in [0.25, 0.3) is 0 Å². The van der Waals surface area contributed by atoms with E-state index in [9.17, 15) is 5.26 Å². The van der Waals surface area contributed by atoms with Gasteiger partial charge in [0, 0.05) is 5.56 Å². The molecule has 0 bridgehead atoms. The van der Waals surface area contributed by atoms with E-state index in [4.69, 9.17) is 0 Å². The van der Waals surface area contributed by atoms with Crippen LogP contribution in [0.25, 0.3) is 0 Å². The lowest BCUT2D eigenvalue weighted by Gasteiger charge is -2.03. The van der Waals surface area contributed by atoms with Crippen molar-refractivity contribution in [2.24, 2.45) is 4.99 Å². The molecule has 0 saturated heterocycles. The van der Waals surface area contributed by atoms with E-state index >= 15 is 0 Å². The summed E-state index contributed by atoms with van der Waals surface area (Å²) in [6.45, 7) is 0. The molecule has 0 saturated carbocycles. The van der Waals surface area contributed by atoms with Gasteiger partial charge in [0.05, 0.1) is 4.24 Å². The van der Waals surface area contributed by atoms with Gasteiger partial charge in [0.15, 0.2) is 0 Å². The highest BCUT2D eigenvalue weighted by atomic mass is 33.5. The smallest absolute Gasteiger partial charge is 0.128 e. The molecule has 18 heavy (non-hydrogen) atoms. The van der Waals surface area contributed by atoms with E-state index in [1.165, 1.54) is 0 Å². The van der Waals surface area contributed by atoms with E-state index in [2.05, 4.69) is 23.2 Å². The van der Waals surface area contributed by atoms with Crippen molar-refractivity contribution in [2.75, 3.05) is 6.26 Å². The standard InChI is InChI=1S/C12H8N2S4/c1-15-12-9(7-13)11-14-10(16-18(11)17-12)8-5-3-2-4-6-8/h2-6H,1H3. The van der Waals surface area contributed by atoms with Crippen molar-refractivity contribution in [1.29, 1.82) is 5.26 Å². The van der Waals surface area contributed by atoms with Crippen LogP contribution in [0.5, 0.6) is 0 Å². The Morgan fingerprint density at radius 2 is 2.06 bits per heavy atom. The Morgan fingerprint density at radius 1 is 1.28 bits per heavy atom. The van der Waals surface area contributed by atoms with Crippen LogP contribution in [0.1, 0.15) is 5.56 Å². The van der Waals surface area contributed by atoms with Gasteiger partial charge in [-0.25, -0.2) is 4.99 Å². The number of nitrogens with zero attached hydrogens (tertiary/aromatic N) is 2. The monoisotopic (exact) mass is 308 g/mol. The van der Waals surface area contributed by atoms with Gasteiger partial charge in [-0.1, -0.05) is 30.3 Å². The van der Waals surface area contributed by atoms with Crippen molar-refractivity contribution in [3.05, 3.63) is 45.7 Å². The third-order valence-corrected chi connectivity index (χ3v) is 9.85. The first-order chi connectivity index (χ1) is 8.83. The van der Waals surface area contributed by atoms with Crippen LogP contribution in [-0.2, 0) is 0 Å². The lowest BCUT2D eigenvalue weighted by atomic mass is 10.2. The van der Waals surface area contributed by atoms with Gasteiger partial charge in [-0.3, -0.25) is 0 Å². The zero-order chi connectivity index (χ0) is 12.5. The number of hydrogen-bond acceptors (Lipinski definition) is 5. The Kier molecular flexibility index (Phi) is 3.57. The normalized spacial score (nSPS) is 21.9. The van der Waals surface area contributed by atoms with Crippen molar-refractivity contribution in [3.63, 3.8) is 0 Å². The minimum atomic E-state index is -0.0295. The molecule has 1 unspecified atom stereocenters. The summed E-state index contributed by atoms with van der Waals surface area (Å²) in [6.07, 6.45) is 2.01. The lowest BCUT2D eigenvalue weighted by Crippen LogP contribution is -1.96. The first kappa shape index (κ1) is 12.4. The maximum Gasteiger partial charge on any atom is 0.128 e. The van der Waals surface area contributed by atoms with E-state index in [0.717, 1.165) is 25.4 Å². The fourth-order valence-electron chi connectivity index (χ4n) is 1.58. The molecule has 0 N–H and O–H groups in total. The predicted octanol–water partition coefficient (Wildman–Crippen LogP) is 4.25. The SMILES string of the molecule is CSC1=C(C#N)C2=S(SC(c3ccccc3)=N2)S1. The summed E-state index contributed by atoms with van der Waals surface area (Å²) in [7, 11) is 3.51. The fourth-order valence-corrected chi connectivity index (χ4v) is 9.82. The molecule has 2 nitrogen and oxygen atoms in total. The number of hydrogen-bond donors (Lipinski definition) is 0. The molecule has 1 aromatic rings. The molecular weight excluding hydrogens is 300 g/mol. The van der Waals surface area contributed by atoms with E-state index in [0.29, 0.717) is 0 Å². The highest BCUT2D eigenvalue weighted by molar-refractivity contribution is 9.20. The molecule has 1 atom stereocenters. The molecule has 90 valence electrons. The first-order valence-electron chi connectivity index (χ1n) is 5.14. The average molecular weight is 308 g/mol. The van der Waals surface area contributed by atoms with Gasteiger partial charge in [-0.2, -0.15) is 5.26 Å². The number of rotatable bonds is 2. The van der Waals surface area contributed by atoms with Crippen LogP contribution < -0.4 is 0 Å². The molecule has 2 aliphatic heterocycles. The maximum atomic E-state index is 9.24. The van der Waals surface area contributed by atoms with Crippen molar-refractivity contribution in [1.82, 2.24) is 0 Å². The summed E-state index contributed by atoms with van der Waals surface area (Å²) in [5.74, 6) is 0. The summed E-state index contributed by atoms with van der Waals surface area (Å²) < 4.78 is 1.11. The average Bonchev–Trinajstić information content (AvgIpc) is 2.96. The van der Waals surface area contributed by atoms with Gasteiger partial charge in [-0.15, -0.1) is 11.8 Å². The van der Waals surface area contributed by atoms with Crippen LogP contribution in [0.2, 0.25) is 0 Å². The Morgan fingerprint density at radius 3 is 2.72 bits per heavy atom. The minimum Gasteiger partial charge on any atom is -0.231 e. The van der Waals surface area contributed by atoms with Crippen LogP contribution >= 0.6 is 41.9 Å². The Bertz CT molecular complexity index is 638. The zero-order valence-corrected chi connectivity index (χ0v) is 12.7. The second kappa shape index (κ2) is 5.17. The molecule has 2 heterocycles. The van der Waals surface area contributed by atoms with Gasteiger partial charge in [0.1, 0.15) is 21.7 Å². The molecule has 0 fully saturated rings. The topological polar surface area (TPSA) is 36.1 Å². The lowest BCUT2D eigenvalue weighted by molar-refractivity contribution is 1.51. The number of aliphatic imine (C=N–C) groups is 1. The molecule has 0 radical (unpaired) electrons. The Hall–Kier alpha value is -0.610. The molecule has 2 aliphatic rings. The molecule has 0 amide bonds. The minimum absolute atomic E-state index is 0.0295. The van der Waals surface area contributed by atoms with Gasteiger partial charge < -0.3 is 0 Å². The van der Waals surface area contributed by atoms with Gasteiger partial charge in [-0.05, 0) is 36.4 Å². The van der Waals surface area contributed by atoms with Crippen LogP contribution in [0.3, 0.4) is 0 Å². The van der Waals surface area contributed by atoms with Crippen molar-refractivity contribution in [3.8, 4) is 6.07 Å². The quantitative estimate of drug-likeness (QED) is 0.604. The summed E-state index contributed by atoms with van der Waals surface area (Å²) in [4.78, 5) is 5.63. The molecule has 6 heteroatoms. The summed E-state index contributed by atoms with van der Waals surface area (Å²) in [6, 6.07) is 12.5. The van der Waals surface area contributed by atoms with Crippen LogP contribution in [0.4, 0.5) is 0 Å². The third kappa shape index (κ3) is 2.05. The molecule has 0 aliphatic carbocycles. The second-order valence-electron chi connectivity index (χ2n) is 3.47. The summed E-state index contributed by atoms with van der Waals surface area (Å²) in [5.41, 5.74) is 1.91.